The summed E-state index contributed by atoms with van der Waals surface area (Å²) < 4.78 is 29.9. The van der Waals surface area contributed by atoms with E-state index in [0.717, 1.165) is 27.8 Å². The highest BCUT2D eigenvalue weighted by Gasteiger charge is 2.63. The molecule has 13 heteroatoms. The van der Waals surface area contributed by atoms with E-state index >= 15 is 4.79 Å². The van der Waals surface area contributed by atoms with Crippen molar-refractivity contribution in [1.82, 2.24) is 14.7 Å². The van der Waals surface area contributed by atoms with Crippen molar-refractivity contribution in [1.29, 1.82) is 0 Å². The van der Waals surface area contributed by atoms with Crippen molar-refractivity contribution < 1.29 is 22.7 Å². The minimum absolute atomic E-state index is 0.120. The highest BCUT2D eigenvalue weighted by atomic mass is 35.5. The van der Waals surface area contributed by atoms with Crippen molar-refractivity contribution >= 4 is 62.3 Å². The molecular weight excluding hydrogens is 863 g/mol. The number of amides is 2. The molecule has 334 valence electrons. The van der Waals surface area contributed by atoms with E-state index in [1.807, 2.05) is 72.2 Å². The van der Waals surface area contributed by atoms with Crippen molar-refractivity contribution in [3.63, 3.8) is 0 Å². The van der Waals surface area contributed by atoms with E-state index in [9.17, 15) is 13.2 Å². The summed E-state index contributed by atoms with van der Waals surface area (Å²) in [4.78, 5) is 38.3. The number of hydrogen-bond donors (Lipinski definition) is 0. The zero-order chi connectivity index (χ0) is 45.5. The van der Waals surface area contributed by atoms with Crippen molar-refractivity contribution in [2.24, 2.45) is 4.99 Å². The number of sulfone groups is 1. The van der Waals surface area contributed by atoms with E-state index in [0.29, 0.717) is 91.7 Å². The number of ketones is 1. The Morgan fingerprint density at radius 1 is 0.758 bits per heavy atom. The number of aliphatic imine (C=N–C) groups is 1. The summed E-state index contributed by atoms with van der Waals surface area (Å²) in [6.45, 7) is 18.0. The van der Waals surface area contributed by atoms with Gasteiger partial charge in [0, 0.05) is 59.5 Å². The second-order valence-electron chi connectivity index (χ2n) is 17.0. The summed E-state index contributed by atoms with van der Waals surface area (Å²) >= 11 is 18.6. The summed E-state index contributed by atoms with van der Waals surface area (Å²) in [7, 11) is -3.03. The molecule has 2 amide bonds. The molecule has 0 aromatic heterocycles. The lowest BCUT2D eigenvalue weighted by molar-refractivity contribution is 0.0680. The van der Waals surface area contributed by atoms with E-state index in [-0.39, 0.29) is 23.0 Å². The van der Waals surface area contributed by atoms with Crippen LogP contribution in [0.15, 0.2) is 96.0 Å². The minimum atomic E-state index is -3.03. The lowest BCUT2D eigenvalue weighted by atomic mass is 9.65. The molecule has 0 aliphatic carbocycles. The molecule has 4 aromatic rings. The number of carbonyl (C=O) groups is 2. The molecule has 0 spiro atoms. The van der Waals surface area contributed by atoms with Crippen molar-refractivity contribution in [3.8, 4) is 5.75 Å². The number of nitrogens with zero attached hydrogens (tertiary/aromatic N) is 4. The maximum atomic E-state index is 15.4. The Hall–Kier alpha value is -3.93. The van der Waals surface area contributed by atoms with Crippen LogP contribution < -0.4 is 4.74 Å². The van der Waals surface area contributed by atoms with Gasteiger partial charge in [0.15, 0.2) is 5.78 Å². The first-order chi connectivity index (χ1) is 29.3. The molecule has 0 unspecified atom stereocenters. The maximum absolute atomic E-state index is 15.4. The summed E-state index contributed by atoms with van der Waals surface area (Å²) in [6.07, 6.45) is 3.53. The van der Waals surface area contributed by atoms with Gasteiger partial charge < -0.3 is 9.64 Å². The smallest absolute Gasteiger partial charge is 0.326 e. The third-order valence-corrected chi connectivity index (χ3v) is 13.7. The molecule has 9 nitrogen and oxygen atoms in total. The van der Waals surface area contributed by atoms with Crippen molar-refractivity contribution in [2.45, 2.75) is 90.6 Å². The lowest BCUT2D eigenvalue weighted by Crippen LogP contribution is -2.62. The van der Waals surface area contributed by atoms with Crippen LogP contribution >= 0.6 is 34.8 Å². The van der Waals surface area contributed by atoms with Crippen LogP contribution in [-0.2, 0) is 26.3 Å². The first-order valence-electron chi connectivity index (χ1n) is 21.5. The van der Waals surface area contributed by atoms with E-state index in [1.165, 1.54) is 6.26 Å². The normalized spacial score (nSPS) is 19.4. The second kappa shape index (κ2) is 20.7. The van der Waals surface area contributed by atoms with Gasteiger partial charge in [-0.3, -0.25) is 19.6 Å². The number of rotatable bonds is 13. The third-order valence-electron chi connectivity index (χ3n) is 11.9. The van der Waals surface area contributed by atoms with E-state index in [1.54, 1.807) is 24.3 Å². The summed E-state index contributed by atoms with van der Waals surface area (Å²) in [5.41, 5.74) is 2.53. The fourth-order valence-corrected chi connectivity index (χ4v) is 9.65. The molecule has 0 saturated carbocycles. The van der Waals surface area contributed by atoms with Gasteiger partial charge in [0.1, 0.15) is 32.5 Å². The largest absolute Gasteiger partial charge is 0.493 e. The van der Waals surface area contributed by atoms with Gasteiger partial charge in [-0.05, 0) is 115 Å². The fraction of sp³-hybridized carbons (Fsp3) is 0.449. The Bertz CT molecular complexity index is 2310. The molecule has 6 rings (SSSR count). The Kier molecular flexibility index (Phi) is 16.4. The Labute approximate surface area is 384 Å². The number of benzene rings is 4. The monoisotopic (exact) mass is 922 g/mol. The number of hydrogen-bond acceptors (Lipinski definition) is 7. The molecule has 2 aliphatic rings. The van der Waals surface area contributed by atoms with Crippen LogP contribution in [0.2, 0.25) is 15.1 Å². The molecule has 0 N–H and O–H groups in total. The number of halogens is 3. The van der Waals surface area contributed by atoms with Crippen LogP contribution in [0.3, 0.4) is 0 Å². The van der Waals surface area contributed by atoms with Gasteiger partial charge in [0.05, 0.1) is 17.9 Å². The maximum Gasteiger partial charge on any atom is 0.326 e. The van der Waals surface area contributed by atoms with Gasteiger partial charge in [-0.2, -0.15) is 0 Å². The van der Waals surface area contributed by atoms with E-state index < -0.39 is 20.9 Å². The summed E-state index contributed by atoms with van der Waals surface area (Å²) in [5.74, 6) is 1.55. The number of amidine groups is 1. The highest BCUT2D eigenvalue weighted by molar-refractivity contribution is 7.90. The molecule has 4 aromatic carbocycles. The molecule has 1 saturated heterocycles. The van der Waals surface area contributed by atoms with Gasteiger partial charge in [-0.25, -0.2) is 13.2 Å². The number of piperazine rings is 1. The lowest BCUT2D eigenvalue weighted by Gasteiger charge is -2.50. The van der Waals surface area contributed by atoms with E-state index in [4.69, 9.17) is 44.5 Å². The number of Topliss-reactive ketones (excluding diaryl/α,β-unsaturated/α-hetero) is 1. The third kappa shape index (κ3) is 10.9. The van der Waals surface area contributed by atoms with Crippen LogP contribution in [0, 0.1) is 0 Å². The van der Waals surface area contributed by atoms with E-state index in [2.05, 4.69) is 57.7 Å². The first kappa shape index (κ1) is 49.1. The zero-order valence-corrected chi connectivity index (χ0v) is 40.4. The molecule has 2 heterocycles. The van der Waals surface area contributed by atoms with Crippen molar-refractivity contribution in [2.75, 3.05) is 51.3 Å². The van der Waals surface area contributed by atoms with Gasteiger partial charge in [-0.1, -0.05) is 107 Å². The first-order valence-corrected chi connectivity index (χ1v) is 24.7. The quantitative estimate of drug-likeness (QED) is 0.124. The molecule has 2 aliphatic heterocycles. The summed E-state index contributed by atoms with van der Waals surface area (Å²) in [6, 6.07) is 28.7. The topological polar surface area (TPSA) is 99.6 Å². The SMILES string of the molecule is CCC(=O)c1ccc(Cl)cc1.CCOc1cc(C(C)(C)C)ccc1C1=N[C@@](CC)(c2ccc(Cl)cc2)[C@@](CC)(c2ccc(Cl)cc2)N1C(=O)N1CCN(CCCS(C)(=O)=O)CC1. The second-order valence-corrected chi connectivity index (χ2v) is 20.6. The van der Waals surface area contributed by atoms with Crippen LogP contribution in [0.4, 0.5) is 4.79 Å². The zero-order valence-electron chi connectivity index (χ0n) is 37.3. The Morgan fingerprint density at radius 3 is 1.79 bits per heavy atom. The van der Waals surface area contributed by atoms with Gasteiger partial charge in [-0.15, -0.1) is 0 Å². The standard InChI is InChI=1S/C40H52Cl2N4O4S.C9H9ClO/c1-8-39(29-12-17-32(41)18-13-29)40(9-2,30-14-19-33(42)20-15-30)46(37(47)45-25-23-44(24-26-45)22-11-27-51(7,48)49)36(43-39)34-21-16-31(38(4,5)6)28-35(34)50-10-3;1-2-9(11)7-3-5-8(10)6-4-7/h12-21,28H,8-11,22-27H2,1-7H3;3-6H,2H2,1H3/t39-,40+;/m0./s1. The number of ether oxygens (including phenoxy) is 1. The fourth-order valence-electron chi connectivity index (χ4n) is 8.62. The average Bonchev–Trinajstić information content (AvgIpc) is 3.55. The van der Waals surface area contributed by atoms with Crippen molar-refractivity contribution in [3.05, 3.63) is 134 Å². The van der Waals surface area contributed by atoms with Gasteiger partial charge in [0.2, 0.25) is 0 Å². The molecule has 2 atom stereocenters. The average molecular weight is 924 g/mol. The molecular formula is C49H61Cl3N4O5S. The predicted octanol–water partition coefficient (Wildman–Crippen LogP) is 11.5. The van der Waals surface area contributed by atoms with Crippen LogP contribution in [-0.4, -0.2) is 92.1 Å². The number of urea groups is 1. The Morgan fingerprint density at radius 2 is 1.31 bits per heavy atom. The van der Waals surface area contributed by atoms with Crippen LogP contribution in [0.5, 0.6) is 5.75 Å². The predicted molar refractivity (Wildman–Crippen MR) is 255 cm³/mol. The minimum Gasteiger partial charge on any atom is -0.493 e. The highest BCUT2D eigenvalue weighted by Crippen LogP contribution is 2.58. The molecule has 1 fully saturated rings. The van der Waals surface area contributed by atoms with Gasteiger partial charge >= 0.3 is 6.03 Å². The van der Waals surface area contributed by atoms with Gasteiger partial charge in [0.25, 0.3) is 0 Å². The summed E-state index contributed by atoms with van der Waals surface area (Å²) in [5, 5.41) is 1.90. The molecule has 0 bridgehead atoms. The van der Waals surface area contributed by atoms with Crippen LogP contribution in [0.25, 0.3) is 0 Å². The molecule has 62 heavy (non-hydrogen) atoms. The number of carbonyl (C=O) groups excluding carboxylic acids is 2. The molecule has 0 radical (unpaired) electrons. The van der Waals surface area contributed by atoms with Crippen LogP contribution in [0.1, 0.15) is 107 Å². The Balaban J connectivity index is 0.000000574.